The molecule has 0 bridgehead atoms. The van der Waals surface area contributed by atoms with E-state index in [-0.39, 0.29) is 34.9 Å². The summed E-state index contributed by atoms with van der Waals surface area (Å²) in [6.07, 6.45) is 3.71. The van der Waals surface area contributed by atoms with Crippen LogP contribution in [0.4, 0.5) is 0 Å². The van der Waals surface area contributed by atoms with Gasteiger partial charge >= 0.3 is 29.0 Å². The van der Waals surface area contributed by atoms with Crippen LogP contribution in [0.3, 0.4) is 0 Å². The quantitative estimate of drug-likeness (QED) is 0.280. The van der Waals surface area contributed by atoms with Crippen molar-refractivity contribution in [3.63, 3.8) is 0 Å². The number of ether oxygens (including phenoxy) is 1. The molecule has 1 fully saturated rings. The summed E-state index contributed by atoms with van der Waals surface area (Å²) in [4.78, 5) is 11.0. The summed E-state index contributed by atoms with van der Waals surface area (Å²) in [6.45, 7) is 0. The molecule has 0 aromatic rings. The van der Waals surface area contributed by atoms with Crippen molar-refractivity contribution in [3.05, 3.63) is 0 Å². The Morgan fingerprint density at radius 2 is 1.59 bits per heavy atom. The van der Waals surface area contributed by atoms with Crippen molar-refractivity contribution in [2.45, 2.75) is 31.7 Å². The maximum atomic E-state index is 11.0. The molecular formula is C8H15MgNO6S. The maximum absolute atomic E-state index is 11.0. The van der Waals surface area contributed by atoms with Crippen LogP contribution < -0.4 is 5.73 Å². The molecule has 0 amide bonds. The van der Waals surface area contributed by atoms with E-state index in [1.165, 1.54) is 7.11 Å². The molecule has 0 atom stereocenters. The summed E-state index contributed by atoms with van der Waals surface area (Å²) in [5.41, 5.74) is 5.69. The number of rotatable bonds is 1. The molecule has 0 spiro atoms. The van der Waals surface area contributed by atoms with Gasteiger partial charge in [-0.2, -0.15) is 0 Å². The SMILES string of the molecule is COC(=O)C1CCC(N)CC1.O=S(=O)([O-])[O-].[Mg+2]. The third kappa shape index (κ3) is 12.3. The second kappa shape index (κ2) is 9.06. The molecule has 96 valence electrons. The van der Waals surface area contributed by atoms with Gasteiger partial charge in [-0.05, 0) is 25.7 Å². The van der Waals surface area contributed by atoms with Gasteiger partial charge < -0.3 is 19.6 Å². The third-order valence-corrected chi connectivity index (χ3v) is 2.31. The van der Waals surface area contributed by atoms with Gasteiger partial charge in [0.15, 0.2) is 0 Å². The number of nitrogens with two attached hydrogens (primary N) is 1. The van der Waals surface area contributed by atoms with Crippen LogP contribution in [-0.2, 0) is 19.9 Å². The van der Waals surface area contributed by atoms with E-state index in [1.807, 2.05) is 0 Å². The van der Waals surface area contributed by atoms with Gasteiger partial charge in [-0.3, -0.25) is 13.2 Å². The number of esters is 1. The third-order valence-electron chi connectivity index (χ3n) is 2.31. The van der Waals surface area contributed by atoms with Crippen LogP contribution in [0.5, 0.6) is 0 Å². The van der Waals surface area contributed by atoms with Crippen molar-refractivity contribution < 1.29 is 27.1 Å². The summed E-state index contributed by atoms with van der Waals surface area (Å²) in [5.74, 6) is 0.0386. The Labute approximate surface area is 117 Å². The normalized spacial score (nSPS) is 23.8. The first-order valence-electron chi connectivity index (χ1n) is 4.74. The molecule has 9 heteroatoms. The number of hydrogen-bond acceptors (Lipinski definition) is 7. The van der Waals surface area contributed by atoms with Crippen LogP contribution in [0.25, 0.3) is 0 Å². The molecule has 0 aliphatic heterocycles. The molecule has 7 nitrogen and oxygen atoms in total. The monoisotopic (exact) mass is 277 g/mol. The van der Waals surface area contributed by atoms with Gasteiger partial charge in [0, 0.05) is 16.4 Å². The number of hydrogen-bond donors (Lipinski definition) is 1. The van der Waals surface area contributed by atoms with Crippen molar-refractivity contribution >= 4 is 39.4 Å². The molecule has 17 heavy (non-hydrogen) atoms. The molecule has 0 radical (unpaired) electrons. The van der Waals surface area contributed by atoms with Crippen molar-refractivity contribution in [3.8, 4) is 0 Å². The van der Waals surface area contributed by atoms with Crippen LogP contribution in [0.1, 0.15) is 25.7 Å². The minimum absolute atomic E-state index is 0. The first-order valence-corrected chi connectivity index (χ1v) is 6.07. The van der Waals surface area contributed by atoms with Gasteiger partial charge in [0.1, 0.15) is 0 Å². The molecular weight excluding hydrogens is 262 g/mol. The van der Waals surface area contributed by atoms with Gasteiger partial charge in [0.2, 0.25) is 0 Å². The van der Waals surface area contributed by atoms with E-state index in [0.717, 1.165) is 25.7 Å². The smallest absolute Gasteiger partial charge is 0.759 e. The second-order valence-corrected chi connectivity index (χ2v) is 4.36. The maximum Gasteiger partial charge on any atom is 2.00 e. The number of methoxy groups -OCH3 is 1. The van der Waals surface area contributed by atoms with E-state index in [0.29, 0.717) is 6.04 Å². The van der Waals surface area contributed by atoms with Gasteiger partial charge in [-0.1, -0.05) is 0 Å². The molecule has 1 saturated carbocycles. The predicted octanol–water partition coefficient (Wildman–Crippen LogP) is -1.04. The Balaban J connectivity index is 0. The first-order chi connectivity index (χ1) is 7.24. The van der Waals surface area contributed by atoms with Gasteiger partial charge in [0.05, 0.1) is 13.0 Å². The van der Waals surface area contributed by atoms with E-state index in [2.05, 4.69) is 4.74 Å². The summed E-state index contributed by atoms with van der Waals surface area (Å²) in [5, 5.41) is 0. The van der Waals surface area contributed by atoms with E-state index in [1.54, 1.807) is 0 Å². The predicted molar refractivity (Wildman–Crippen MR) is 58.2 cm³/mol. The Morgan fingerprint density at radius 3 is 1.88 bits per heavy atom. The summed E-state index contributed by atoms with van der Waals surface area (Å²) in [6, 6.07) is 0.302. The minimum atomic E-state index is -5.17. The fourth-order valence-corrected chi connectivity index (χ4v) is 1.52. The van der Waals surface area contributed by atoms with Crippen LogP contribution in [0, 0.1) is 5.92 Å². The topological polar surface area (TPSA) is 133 Å². The fraction of sp³-hybridized carbons (Fsp3) is 0.875. The minimum Gasteiger partial charge on any atom is -0.759 e. The second-order valence-electron chi connectivity index (χ2n) is 3.54. The van der Waals surface area contributed by atoms with Crippen molar-refractivity contribution in [2.24, 2.45) is 11.7 Å². The standard InChI is InChI=1S/C8H15NO2.Mg.H2O4S/c1-11-8(10)6-2-4-7(9)5-3-6;;1-5(2,3)4/h6-7H,2-5,9H2,1H3;;(H2,1,2,3,4)/q;+2;/p-2. The summed E-state index contributed by atoms with van der Waals surface area (Å²) >= 11 is 0. The first kappa shape index (κ1) is 19.4. The van der Waals surface area contributed by atoms with Gasteiger partial charge in [-0.15, -0.1) is 0 Å². The van der Waals surface area contributed by atoms with E-state index < -0.39 is 10.4 Å². The Hall–Kier alpha value is 0.0662. The van der Waals surface area contributed by atoms with E-state index in [9.17, 15) is 4.79 Å². The number of carbonyl (C=O) groups excluding carboxylic acids is 1. The Kier molecular flexibility index (Phi) is 10.3. The Bertz CT molecular complexity index is 304. The van der Waals surface area contributed by atoms with Crippen molar-refractivity contribution in [1.82, 2.24) is 0 Å². The molecule has 2 N–H and O–H groups in total. The van der Waals surface area contributed by atoms with Crippen LogP contribution >= 0.6 is 0 Å². The molecule has 0 unspecified atom stereocenters. The largest absolute Gasteiger partial charge is 2.00 e. The molecule has 0 heterocycles. The molecule has 1 aliphatic rings. The zero-order valence-electron chi connectivity index (χ0n) is 9.63. The molecule has 0 aromatic carbocycles. The van der Waals surface area contributed by atoms with Gasteiger partial charge in [0.25, 0.3) is 0 Å². The van der Waals surface area contributed by atoms with Crippen LogP contribution in [-0.4, -0.2) is 59.7 Å². The summed E-state index contributed by atoms with van der Waals surface area (Å²) in [7, 11) is -3.73. The molecule has 0 aromatic heterocycles. The van der Waals surface area contributed by atoms with E-state index in [4.69, 9.17) is 23.3 Å². The zero-order valence-corrected chi connectivity index (χ0v) is 11.9. The molecule has 1 aliphatic carbocycles. The van der Waals surface area contributed by atoms with Crippen molar-refractivity contribution in [1.29, 1.82) is 0 Å². The summed E-state index contributed by atoms with van der Waals surface area (Å²) < 4.78 is 38.7. The molecule has 1 rings (SSSR count). The average molecular weight is 278 g/mol. The van der Waals surface area contributed by atoms with Crippen molar-refractivity contribution in [2.75, 3.05) is 7.11 Å². The van der Waals surface area contributed by atoms with E-state index >= 15 is 0 Å². The fourth-order valence-electron chi connectivity index (χ4n) is 1.52. The zero-order chi connectivity index (χ0) is 12.8. The van der Waals surface area contributed by atoms with Gasteiger partial charge in [-0.25, -0.2) is 0 Å². The van der Waals surface area contributed by atoms with Crippen LogP contribution in [0.15, 0.2) is 0 Å². The molecule has 0 saturated heterocycles. The average Bonchev–Trinajstić information content (AvgIpc) is 2.15. The number of carbonyl (C=O) groups is 1. The Morgan fingerprint density at radius 1 is 1.24 bits per heavy atom. The van der Waals surface area contributed by atoms with Crippen LogP contribution in [0.2, 0.25) is 0 Å².